The van der Waals surface area contributed by atoms with Gasteiger partial charge in [-0.2, -0.15) is 0 Å². The summed E-state index contributed by atoms with van der Waals surface area (Å²) in [5.74, 6) is -3.34. The highest BCUT2D eigenvalue weighted by atomic mass is 19.1. The molecule has 1 aliphatic heterocycles. The number of hydrogen-bond donors (Lipinski definition) is 3. The highest BCUT2D eigenvalue weighted by molar-refractivity contribution is 5.97. The Morgan fingerprint density at radius 2 is 1.88 bits per heavy atom. The molecule has 3 N–H and O–H groups in total. The van der Waals surface area contributed by atoms with E-state index in [1.165, 1.54) is 18.2 Å². The molecule has 0 spiro atoms. The first kappa shape index (κ1) is 33.4. The third kappa shape index (κ3) is 10.3. The van der Waals surface area contributed by atoms with Gasteiger partial charge in [0.25, 0.3) is 5.91 Å². The normalized spacial score (nSPS) is 16.7. The maximum Gasteiger partial charge on any atom is 0.305 e. The van der Waals surface area contributed by atoms with Gasteiger partial charge in [0.2, 0.25) is 11.8 Å². The van der Waals surface area contributed by atoms with E-state index >= 15 is 0 Å². The fourth-order valence-electron chi connectivity index (χ4n) is 5.15. The molecule has 0 unspecified atom stereocenters. The molecule has 1 aliphatic rings. The van der Waals surface area contributed by atoms with Crippen molar-refractivity contribution in [3.8, 4) is 0 Å². The van der Waals surface area contributed by atoms with E-state index in [1.807, 2.05) is 0 Å². The number of ether oxygens (including phenoxy) is 1. The van der Waals surface area contributed by atoms with E-state index in [9.17, 15) is 28.4 Å². The first-order chi connectivity index (χ1) is 20.5. The molecule has 0 radical (unpaired) electrons. The van der Waals surface area contributed by atoms with Gasteiger partial charge >= 0.3 is 5.97 Å². The lowest BCUT2D eigenvalue weighted by Gasteiger charge is -2.26. The van der Waals surface area contributed by atoms with Crippen molar-refractivity contribution >= 4 is 29.5 Å². The third-order valence-corrected chi connectivity index (χ3v) is 7.45. The number of halogens is 1. The van der Waals surface area contributed by atoms with Crippen LogP contribution in [-0.2, 0) is 30.3 Å². The Kier molecular flexibility index (Phi) is 12.4. The largest absolute Gasteiger partial charge is 0.466 e. The van der Waals surface area contributed by atoms with Crippen molar-refractivity contribution in [2.24, 2.45) is 17.8 Å². The van der Waals surface area contributed by atoms with Crippen LogP contribution in [0, 0.1) is 30.5 Å². The summed E-state index contributed by atoms with van der Waals surface area (Å²) in [5.41, 5.74) is 0.688. The predicted octanol–water partition coefficient (Wildman–Crippen LogP) is 3.05. The molecule has 234 valence electrons. The van der Waals surface area contributed by atoms with Crippen molar-refractivity contribution in [3.63, 3.8) is 0 Å². The topological polar surface area (TPSA) is 157 Å². The Labute approximate surface area is 250 Å². The lowest BCUT2D eigenvalue weighted by Crippen LogP contribution is -2.47. The number of ketones is 1. The monoisotopic (exact) mass is 600 g/mol. The number of benzene rings is 1. The number of nitrogens with zero attached hydrogens (tertiary/aromatic N) is 1. The fraction of sp³-hybridized carbons (Fsp3) is 0.548. The quantitative estimate of drug-likeness (QED) is 0.248. The zero-order chi connectivity index (χ0) is 31.5. The molecule has 11 nitrogen and oxygen atoms in total. The van der Waals surface area contributed by atoms with Crippen molar-refractivity contribution in [3.05, 3.63) is 53.2 Å². The smallest absolute Gasteiger partial charge is 0.305 e. The summed E-state index contributed by atoms with van der Waals surface area (Å²) in [6.07, 6.45) is 1.18. The van der Waals surface area contributed by atoms with Gasteiger partial charge in [0.15, 0.2) is 11.5 Å². The van der Waals surface area contributed by atoms with E-state index in [4.69, 9.17) is 9.26 Å². The first-order valence-corrected chi connectivity index (χ1v) is 14.7. The molecule has 0 aliphatic carbocycles. The highest BCUT2D eigenvalue weighted by Gasteiger charge is 2.33. The number of esters is 1. The number of rotatable bonds is 16. The van der Waals surface area contributed by atoms with Crippen LogP contribution in [0.5, 0.6) is 0 Å². The SMILES string of the molecule is CCOC(=O)CC[C@H](C[C@@H]1CCNC1=O)NC(=O)[C@H](CC(=O)[C@@H](NC(=O)c1cc(C)on1)C(C)C)Cc1ccc(F)cc1. The molecular weight excluding hydrogens is 559 g/mol. The molecule has 4 atom stereocenters. The van der Waals surface area contributed by atoms with Crippen molar-refractivity contribution in [1.82, 2.24) is 21.1 Å². The average Bonchev–Trinajstić information content (AvgIpc) is 3.58. The summed E-state index contributed by atoms with van der Waals surface area (Å²) >= 11 is 0. The van der Waals surface area contributed by atoms with Crippen LogP contribution >= 0.6 is 0 Å². The number of aryl methyl sites for hydroxylation is 1. The molecule has 0 saturated carbocycles. The van der Waals surface area contributed by atoms with E-state index in [2.05, 4.69) is 21.1 Å². The lowest BCUT2D eigenvalue weighted by atomic mass is 9.87. The van der Waals surface area contributed by atoms with Crippen LogP contribution in [0.3, 0.4) is 0 Å². The van der Waals surface area contributed by atoms with Gasteiger partial charge in [-0.05, 0) is 63.1 Å². The van der Waals surface area contributed by atoms with Crippen LogP contribution < -0.4 is 16.0 Å². The summed E-state index contributed by atoms with van der Waals surface area (Å²) in [7, 11) is 0. The Hall–Kier alpha value is -4.09. The summed E-state index contributed by atoms with van der Waals surface area (Å²) in [6, 6.07) is 5.70. The second-order valence-electron chi connectivity index (χ2n) is 11.3. The van der Waals surface area contributed by atoms with Crippen molar-refractivity contribution in [1.29, 1.82) is 0 Å². The first-order valence-electron chi connectivity index (χ1n) is 14.7. The van der Waals surface area contributed by atoms with Crippen LogP contribution in [-0.4, -0.2) is 59.9 Å². The standard InChI is InChI=1S/C31H41FN4O7/c1-5-42-27(38)11-10-24(16-21-12-13-33-29(21)39)34-30(40)22(15-20-6-8-23(32)9-7-20)17-26(37)28(18(2)3)35-31(41)25-14-19(4)43-36-25/h6-9,14,18,21-22,24,28H,5,10-13,15-17H2,1-4H3,(H,33,39)(H,34,40)(H,35,41)/t21-,22-,24+,28-/m0/s1. The van der Waals surface area contributed by atoms with E-state index in [-0.39, 0.29) is 61.5 Å². The van der Waals surface area contributed by atoms with Crippen LogP contribution in [0.15, 0.2) is 34.9 Å². The minimum Gasteiger partial charge on any atom is -0.466 e. The Morgan fingerprint density at radius 1 is 1.16 bits per heavy atom. The maximum absolute atomic E-state index is 13.8. The molecule has 3 amide bonds. The molecule has 2 heterocycles. The number of carbonyl (C=O) groups excluding carboxylic acids is 5. The summed E-state index contributed by atoms with van der Waals surface area (Å²) in [6.45, 7) is 7.68. The summed E-state index contributed by atoms with van der Waals surface area (Å²) < 4.78 is 23.6. The van der Waals surface area contributed by atoms with Crippen LogP contribution in [0.2, 0.25) is 0 Å². The number of amides is 3. The molecule has 1 fully saturated rings. The van der Waals surface area contributed by atoms with E-state index in [0.29, 0.717) is 30.7 Å². The highest BCUT2D eigenvalue weighted by Crippen LogP contribution is 2.22. The van der Waals surface area contributed by atoms with Crippen molar-refractivity contribution in [2.45, 2.75) is 78.3 Å². The Bertz CT molecular complexity index is 1280. The van der Waals surface area contributed by atoms with Gasteiger partial charge in [0.05, 0.1) is 12.6 Å². The number of nitrogens with one attached hydrogen (secondary N) is 3. The zero-order valence-corrected chi connectivity index (χ0v) is 25.1. The molecule has 3 rings (SSSR count). The van der Waals surface area contributed by atoms with Gasteiger partial charge in [0, 0.05) is 43.3 Å². The lowest BCUT2D eigenvalue weighted by molar-refractivity contribution is -0.143. The van der Waals surface area contributed by atoms with Gasteiger partial charge in [-0.15, -0.1) is 0 Å². The minimum absolute atomic E-state index is 0.0388. The zero-order valence-electron chi connectivity index (χ0n) is 25.1. The van der Waals surface area contributed by atoms with Crippen molar-refractivity contribution in [2.75, 3.05) is 13.2 Å². The van der Waals surface area contributed by atoms with E-state index in [1.54, 1.807) is 39.8 Å². The molecule has 1 saturated heterocycles. The molecule has 0 bridgehead atoms. The fourth-order valence-corrected chi connectivity index (χ4v) is 5.15. The van der Waals surface area contributed by atoms with Gasteiger partial charge < -0.3 is 25.2 Å². The third-order valence-electron chi connectivity index (χ3n) is 7.45. The average molecular weight is 601 g/mol. The molecule has 1 aromatic heterocycles. The van der Waals surface area contributed by atoms with Gasteiger partial charge in [-0.3, -0.25) is 24.0 Å². The molecule has 2 aromatic rings. The predicted molar refractivity (Wildman–Crippen MR) is 154 cm³/mol. The van der Waals surface area contributed by atoms with E-state index < -0.39 is 41.6 Å². The summed E-state index contributed by atoms with van der Waals surface area (Å²) in [5, 5.41) is 12.2. The van der Waals surface area contributed by atoms with Crippen LogP contribution in [0.25, 0.3) is 0 Å². The number of hydrogen-bond acceptors (Lipinski definition) is 8. The summed E-state index contributed by atoms with van der Waals surface area (Å²) in [4.78, 5) is 64.5. The number of aromatic nitrogens is 1. The van der Waals surface area contributed by atoms with Crippen LogP contribution in [0.4, 0.5) is 4.39 Å². The van der Waals surface area contributed by atoms with Gasteiger partial charge in [-0.25, -0.2) is 4.39 Å². The minimum atomic E-state index is -0.908. The molecule has 12 heteroatoms. The molecule has 1 aromatic carbocycles. The van der Waals surface area contributed by atoms with Gasteiger partial charge in [-0.1, -0.05) is 31.1 Å². The maximum atomic E-state index is 13.8. The Morgan fingerprint density at radius 3 is 2.47 bits per heavy atom. The van der Waals surface area contributed by atoms with Crippen LogP contribution in [0.1, 0.15) is 74.7 Å². The second-order valence-corrected chi connectivity index (χ2v) is 11.3. The molecular formula is C31H41FN4O7. The van der Waals surface area contributed by atoms with E-state index in [0.717, 1.165) is 0 Å². The molecule has 43 heavy (non-hydrogen) atoms. The van der Waals surface area contributed by atoms with Gasteiger partial charge in [0.1, 0.15) is 11.6 Å². The number of carbonyl (C=O) groups is 5. The Balaban J connectivity index is 1.79. The second kappa shape index (κ2) is 15.9. The number of Topliss-reactive ketones (excluding diaryl/α,β-unsaturated/α-hetero) is 1. The van der Waals surface area contributed by atoms with Crippen molar-refractivity contribution < 1.29 is 37.6 Å².